The molecule has 0 radical (unpaired) electrons. The standard InChI is InChI=1S/C14H12F3N/c15-12-6-4-10(5-7-12)8-18-9-11-2-1-3-13(16)14(11)17/h1-7,18H,8-9H2. The minimum Gasteiger partial charge on any atom is -0.309 e. The lowest BCUT2D eigenvalue weighted by molar-refractivity contribution is 0.492. The fourth-order valence-electron chi connectivity index (χ4n) is 1.63. The first-order chi connectivity index (χ1) is 8.66. The van der Waals surface area contributed by atoms with E-state index in [0.717, 1.165) is 11.6 Å². The lowest BCUT2D eigenvalue weighted by atomic mass is 10.2. The van der Waals surface area contributed by atoms with E-state index in [2.05, 4.69) is 5.32 Å². The fraction of sp³-hybridized carbons (Fsp3) is 0.143. The Bertz CT molecular complexity index is 523. The van der Waals surface area contributed by atoms with Gasteiger partial charge in [-0.1, -0.05) is 24.3 Å². The second kappa shape index (κ2) is 5.69. The van der Waals surface area contributed by atoms with Crippen molar-refractivity contribution in [2.24, 2.45) is 0 Å². The van der Waals surface area contributed by atoms with Gasteiger partial charge in [-0.2, -0.15) is 0 Å². The maximum atomic E-state index is 13.3. The predicted molar refractivity (Wildman–Crippen MR) is 63.3 cm³/mol. The molecule has 0 atom stereocenters. The molecule has 0 saturated carbocycles. The van der Waals surface area contributed by atoms with Crippen molar-refractivity contribution in [1.29, 1.82) is 0 Å². The number of hydrogen-bond donors (Lipinski definition) is 1. The largest absolute Gasteiger partial charge is 0.309 e. The van der Waals surface area contributed by atoms with Crippen molar-refractivity contribution in [1.82, 2.24) is 5.32 Å². The van der Waals surface area contributed by atoms with Gasteiger partial charge in [-0.05, 0) is 23.8 Å². The van der Waals surface area contributed by atoms with Crippen LogP contribution in [-0.2, 0) is 13.1 Å². The third kappa shape index (κ3) is 3.11. The first kappa shape index (κ1) is 12.6. The molecule has 94 valence electrons. The van der Waals surface area contributed by atoms with E-state index < -0.39 is 11.6 Å². The Morgan fingerprint density at radius 1 is 0.833 bits per heavy atom. The smallest absolute Gasteiger partial charge is 0.163 e. The first-order valence-corrected chi connectivity index (χ1v) is 5.55. The number of nitrogens with one attached hydrogen (secondary N) is 1. The van der Waals surface area contributed by atoms with E-state index in [4.69, 9.17) is 0 Å². The normalized spacial score (nSPS) is 10.6. The molecule has 0 aliphatic rings. The minimum atomic E-state index is -0.851. The maximum absolute atomic E-state index is 13.3. The molecule has 18 heavy (non-hydrogen) atoms. The van der Waals surface area contributed by atoms with Gasteiger partial charge in [0, 0.05) is 18.7 Å². The second-order valence-corrected chi connectivity index (χ2v) is 3.94. The topological polar surface area (TPSA) is 12.0 Å². The van der Waals surface area contributed by atoms with E-state index in [-0.39, 0.29) is 17.9 Å². The van der Waals surface area contributed by atoms with Crippen molar-refractivity contribution < 1.29 is 13.2 Å². The molecule has 0 aromatic heterocycles. The van der Waals surface area contributed by atoms with Crippen molar-refractivity contribution in [3.05, 3.63) is 71.0 Å². The third-order valence-corrected chi connectivity index (χ3v) is 2.59. The van der Waals surface area contributed by atoms with Gasteiger partial charge < -0.3 is 5.32 Å². The van der Waals surface area contributed by atoms with Crippen molar-refractivity contribution >= 4 is 0 Å². The average molecular weight is 251 g/mol. The molecule has 2 aromatic rings. The van der Waals surface area contributed by atoms with Gasteiger partial charge in [0.15, 0.2) is 11.6 Å². The van der Waals surface area contributed by atoms with Crippen LogP contribution in [0.3, 0.4) is 0 Å². The van der Waals surface area contributed by atoms with Crippen LogP contribution in [0, 0.1) is 17.5 Å². The van der Waals surface area contributed by atoms with E-state index in [1.807, 2.05) is 0 Å². The van der Waals surface area contributed by atoms with E-state index in [1.165, 1.54) is 24.3 Å². The number of halogens is 3. The summed E-state index contributed by atoms with van der Waals surface area (Å²) in [7, 11) is 0. The Kier molecular flexibility index (Phi) is 3.99. The third-order valence-electron chi connectivity index (χ3n) is 2.59. The van der Waals surface area contributed by atoms with E-state index in [0.29, 0.717) is 6.54 Å². The fourth-order valence-corrected chi connectivity index (χ4v) is 1.63. The van der Waals surface area contributed by atoms with Crippen LogP contribution in [0.4, 0.5) is 13.2 Å². The van der Waals surface area contributed by atoms with Crippen molar-refractivity contribution in [2.75, 3.05) is 0 Å². The molecule has 2 rings (SSSR count). The number of hydrogen-bond acceptors (Lipinski definition) is 1. The van der Waals surface area contributed by atoms with Gasteiger partial charge in [0.05, 0.1) is 0 Å². The summed E-state index contributed by atoms with van der Waals surface area (Å²) in [6.45, 7) is 0.692. The Morgan fingerprint density at radius 2 is 1.56 bits per heavy atom. The zero-order chi connectivity index (χ0) is 13.0. The Hall–Kier alpha value is -1.81. The predicted octanol–water partition coefficient (Wildman–Crippen LogP) is 3.39. The molecule has 2 aromatic carbocycles. The first-order valence-electron chi connectivity index (χ1n) is 5.55. The average Bonchev–Trinajstić information content (AvgIpc) is 2.37. The van der Waals surface area contributed by atoms with E-state index in [9.17, 15) is 13.2 Å². The monoisotopic (exact) mass is 251 g/mol. The van der Waals surface area contributed by atoms with E-state index >= 15 is 0 Å². The van der Waals surface area contributed by atoms with Gasteiger partial charge in [-0.15, -0.1) is 0 Å². The molecular formula is C14H12F3N. The molecule has 0 aliphatic carbocycles. The van der Waals surface area contributed by atoms with Crippen molar-refractivity contribution in [3.63, 3.8) is 0 Å². The van der Waals surface area contributed by atoms with Gasteiger partial charge in [0.25, 0.3) is 0 Å². The number of rotatable bonds is 4. The Morgan fingerprint density at radius 3 is 2.28 bits per heavy atom. The zero-order valence-corrected chi connectivity index (χ0v) is 9.59. The van der Waals surface area contributed by atoms with Crippen molar-refractivity contribution in [3.8, 4) is 0 Å². The second-order valence-electron chi connectivity index (χ2n) is 3.94. The van der Waals surface area contributed by atoms with Gasteiger partial charge >= 0.3 is 0 Å². The molecule has 1 N–H and O–H groups in total. The van der Waals surface area contributed by atoms with Crippen LogP contribution >= 0.6 is 0 Å². The lowest BCUT2D eigenvalue weighted by Crippen LogP contribution is -2.14. The highest BCUT2D eigenvalue weighted by Crippen LogP contribution is 2.11. The van der Waals surface area contributed by atoms with Gasteiger partial charge in [-0.3, -0.25) is 0 Å². The Balaban J connectivity index is 1.92. The van der Waals surface area contributed by atoms with Crippen LogP contribution in [0.5, 0.6) is 0 Å². The lowest BCUT2D eigenvalue weighted by Gasteiger charge is -2.06. The quantitative estimate of drug-likeness (QED) is 0.878. The highest BCUT2D eigenvalue weighted by atomic mass is 19.2. The summed E-state index contributed by atoms with van der Waals surface area (Å²) in [6.07, 6.45) is 0. The van der Waals surface area contributed by atoms with Crippen LogP contribution in [0.25, 0.3) is 0 Å². The summed E-state index contributed by atoms with van der Waals surface area (Å²) in [5.74, 6) is -1.98. The van der Waals surface area contributed by atoms with Gasteiger partial charge in [0.1, 0.15) is 5.82 Å². The molecule has 0 saturated heterocycles. The summed E-state index contributed by atoms with van der Waals surface area (Å²) in [5, 5.41) is 2.98. The highest BCUT2D eigenvalue weighted by molar-refractivity contribution is 5.19. The molecule has 0 heterocycles. The molecule has 0 spiro atoms. The maximum Gasteiger partial charge on any atom is 0.163 e. The SMILES string of the molecule is Fc1ccc(CNCc2cccc(F)c2F)cc1. The molecule has 0 unspecified atom stereocenters. The highest BCUT2D eigenvalue weighted by Gasteiger charge is 2.06. The zero-order valence-electron chi connectivity index (χ0n) is 9.59. The summed E-state index contributed by atoms with van der Waals surface area (Å²) in [6, 6.07) is 10.1. The van der Waals surface area contributed by atoms with E-state index in [1.54, 1.807) is 12.1 Å². The van der Waals surface area contributed by atoms with Crippen LogP contribution in [0.2, 0.25) is 0 Å². The Labute approximate surface area is 103 Å². The molecule has 1 nitrogen and oxygen atoms in total. The molecule has 0 amide bonds. The van der Waals surface area contributed by atoms with Gasteiger partial charge in [0.2, 0.25) is 0 Å². The number of benzene rings is 2. The van der Waals surface area contributed by atoms with Crippen LogP contribution in [-0.4, -0.2) is 0 Å². The molecule has 0 fully saturated rings. The van der Waals surface area contributed by atoms with Crippen LogP contribution in [0.1, 0.15) is 11.1 Å². The minimum absolute atomic E-state index is 0.223. The summed E-state index contributed by atoms with van der Waals surface area (Å²) in [4.78, 5) is 0. The molecule has 0 bridgehead atoms. The van der Waals surface area contributed by atoms with Gasteiger partial charge in [-0.25, -0.2) is 13.2 Å². The molecule has 4 heteroatoms. The molecular weight excluding hydrogens is 239 g/mol. The summed E-state index contributed by atoms with van der Waals surface area (Å²) in [5.41, 5.74) is 1.16. The van der Waals surface area contributed by atoms with Crippen LogP contribution < -0.4 is 5.32 Å². The molecule has 0 aliphatic heterocycles. The summed E-state index contributed by atoms with van der Waals surface area (Å²) < 4.78 is 38.9. The van der Waals surface area contributed by atoms with Crippen molar-refractivity contribution in [2.45, 2.75) is 13.1 Å². The van der Waals surface area contributed by atoms with Crippen LogP contribution in [0.15, 0.2) is 42.5 Å². The summed E-state index contributed by atoms with van der Waals surface area (Å²) >= 11 is 0.